The number of fused-ring (bicyclic) bond motifs is 1. The highest BCUT2D eigenvalue weighted by atomic mass is 16.6. The van der Waals surface area contributed by atoms with Crippen molar-refractivity contribution in [2.24, 2.45) is 0 Å². The Bertz CT molecular complexity index is 466. The molecule has 0 radical (unpaired) electrons. The van der Waals surface area contributed by atoms with Crippen LogP contribution in [0.15, 0.2) is 12.1 Å². The van der Waals surface area contributed by atoms with Crippen LogP contribution in [-0.2, 0) is 24.1 Å². The molecule has 0 N–H and O–H groups in total. The topological polar surface area (TPSA) is 60.2 Å². The van der Waals surface area contributed by atoms with Gasteiger partial charge in [-0.3, -0.25) is 14.9 Å². The van der Waals surface area contributed by atoms with Crippen molar-refractivity contribution >= 4 is 11.5 Å². The Morgan fingerprint density at radius 2 is 2.00 bits per heavy atom. The second-order valence-corrected chi connectivity index (χ2v) is 4.24. The summed E-state index contributed by atoms with van der Waals surface area (Å²) in [4.78, 5) is 21.6. The molecule has 4 nitrogen and oxygen atoms in total. The molecule has 4 heteroatoms. The quantitative estimate of drug-likeness (QED) is 0.578. The minimum absolute atomic E-state index is 0.0407. The van der Waals surface area contributed by atoms with Gasteiger partial charge in [-0.2, -0.15) is 0 Å². The number of carbonyl (C=O) groups is 1. The second kappa shape index (κ2) is 4.04. The summed E-state index contributed by atoms with van der Waals surface area (Å²) < 4.78 is 0. The van der Waals surface area contributed by atoms with E-state index >= 15 is 0 Å². The molecule has 84 valence electrons. The zero-order chi connectivity index (χ0) is 11.7. The third-order valence-corrected chi connectivity index (χ3v) is 2.93. The number of ketones is 1. The molecule has 1 aromatic rings. The molecule has 0 saturated carbocycles. The van der Waals surface area contributed by atoms with Gasteiger partial charge in [-0.25, -0.2) is 0 Å². The lowest BCUT2D eigenvalue weighted by Crippen LogP contribution is -2.03. The highest BCUT2D eigenvalue weighted by Gasteiger charge is 2.21. The van der Waals surface area contributed by atoms with Gasteiger partial charge >= 0.3 is 0 Å². The third kappa shape index (κ3) is 1.96. The molecule has 0 spiro atoms. The van der Waals surface area contributed by atoms with Crippen LogP contribution in [0.3, 0.4) is 0 Å². The van der Waals surface area contributed by atoms with E-state index in [9.17, 15) is 14.9 Å². The maximum atomic E-state index is 11.1. The van der Waals surface area contributed by atoms with Gasteiger partial charge in [0.05, 0.1) is 4.92 Å². The largest absolute Gasteiger partial charge is 0.300 e. The minimum Gasteiger partial charge on any atom is -0.300 e. The molecule has 0 unspecified atom stereocenters. The molecule has 1 aromatic carbocycles. The van der Waals surface area contributed by atoms with Gasteiger partial charge in [0, 0.05) is 18.1 Å². The number of hydrogen-bond acceptors (Lipinski definition) is 3. The summed E-state index contributed by atoms with van der Waals surface area (Å²) in [5.41, 5.74) is 2.88. The Kier molecular flexibility index (Phi) is 2.73. The Morgan fingerprint density at radius 3 is 2.56 bits per heavy atom. The predicted molar refractivity (Wildman–Crippen MR) is 59.5 cm³/mol. The Balaban J connectivity index is 2.48. The summed E-state index contributed by atoms with van der Waals surface area (Å²) in [5, 5.41) is 10.9. The smallest absolute Gasteiger partial charge is 0.273 e. The number of aryl methyl sites for hydroxylation is 2. The average Bonchev–Trinajstić information content (AvgIpc) is 2.62. The fraction of sp³-hybridized carbons (Fsp3) is 0.417. The van der Waals surface area contributed by atoms with E-state index in [-0.39, 0.29) is 17.9 Å². The summed E-state index contributed by atoms with van der Waals surface area (Å²) >= 11 is 0. The summed E-state index contributed by atoms with van der Waals surface area (Å²) in [6, 6.07) is 3.47. The van der Waals surface area contributed by atoms with Gasteiger partial charge in [-0.15, -0.1) is 0 Å². The highest BCUT2D eigenvalue weighted by Crippen LogP contribution is 2.30. The van der Waals surface area contributed by atoms with Crippen LogP contribution < -0.4 is 0 Å². The second-order valence-electron chi connectivity index (χ2n) is 4.24. The van der Waals surface area contributed by atoms with Crippen LogP contribution in [-0.4, -0.2) is 10.7 Å². The van der Waals surface area contributed by atoms with Gasteiger partial charge in [-0.05, 0) is 43.4 Å². The van der Waals surface area contributed by atoms with Gasteiger partial charge in [0.1, 0.15) is 5.78 Å². The lowest BCUT2D eigenvalue weighted by molar-refractivity contribution is -0.385. The van der Waals surface area contributed by atoms with E-state index in [0.717, 1.165) is 24.8 Å². The van der Waals surface area contributed by atoms with Crippen LogP contribution in [0.5, 0.6) is 0 Å². The molecule has 1 aliphatic carbocycles. The number of hydrogen-bond donors (Lipinski definition) is 0. The molecule has 0 saturated heterocycles. The monoisotopic (exact) mass is 219 g/mol. The molecule has 0 amide bonds. The van der Waals surface area contributed by atoms with E-state index in [0.29, 0.717) is 5.56 Å². The molecule has 0 aromatic heterocycles. The average molecular weight is 219 g/mol. The van der Waals surface area contributed by atoms with Crippen molar-refractivity contribution in [1.82, 2.24) is 0 Å². The van der Waals surface area contributed by atoms with Crippen molar-refractivity contribution in [3.05, 3.63) is 38.9 Å². The highest BCUT2D eigenvalue weighted by molar-refractivity contribution is 5.79. The number of nitro benzene ring substituents is 1. The van der Waals surface area contributed by atoms with Crippen LogP contribution in [0.4, 0.5) is 5.69 Å². The maximum Gasteiger partial charge on any atom is 0.273 e. The number of nitrogens with zero attached hydrogens (tertiary/aromatic N) is 1. The van der Waals surface area contributed by atoms with Crippen LogP contribution in [0.1, 0.15) is 30.0 Å². The fourth-order valence-corrected chi connectivity index (χ4v) is 2.24. The SMILES string of the molecule is CC(=O)Cc1cc2c(cc1[N+](=O)[O-])CCC2. The van der Waals surface area contributed by atoms with Crippen molar-refractivity contribution in [2.75, 3.05) is 0 Å². The van der Waals surface area contributed by atoms with Crippen LogP contribution in [0.2, 0.25) is 0 Å². The van der Waals surface area contributed by atoms with Crippen molar-refractivity contribution in [2.45, 2.75) is 32.6 Å². The molecule has 0 fully saturated rings. The number of Topliss-reactive ketones (excluding diaryl/α,β-unsaturated/α-hetero) is 1. The first-order chi connectivity index (χ1) is 7.58. The van der Waals surface area contributed by atoms with Crippen molar-refractivity contribution in [1.29, 1.82) is 0 Å². The molecular weight excluding hydrogens is 206 g/mol. The van der Waals surface area contributed by atoms with Gasteiger partial charge in [0.2, 0.25) is 0 Å². The first kappa shape index (κ1) is 10.8. The van der Waals surface area contributed by atoms with E-state index < -0.39 is 4.92 Å². The van der Waals surface area contributed by atoms with Gasteiger partial charge in [0.15, 0.2) is 0 Å². The van der Waals surface area contributed by atoms with Crippen LogP contribution >= 0.6 is 0 Å². The molecule has 0 aliphatic heterocycles. The molecule has 2 rings (SSSR count). The normalized spacial score (nSPS) is 13.6. The summed E-state index contributed by atoms with van der Waals surface area (Å²) in [6.45, 7) is 1.46. The first-order valence-electron chi connectivity index (χ1n) is 5.36. The van der Waals surface area contributed by atoms with Crippen molar-refractivity contribution in [3.8, 4) is 0 Å². The van der Waals surface area contributed by atoms with E-state index in [2.05, 4.69) is 0 Å². The van der Waals surface area contributed by atoms with E-state index in [1.807, 2.05) is 6.07 Å². The predicted octanol–water partition coefficient (Wildman–Crippen LogP) is 2.21. The van der Waals surface area contributed by atoms with E-state index in [4.69, 9.17) is 0 Å². The third-order valence-electron chi connectivity index (χ3n) is 2.93. The molecular formula is C12H13NO3. The number of benzene rings is 1. The molecule has 0 heterocycles. The number of carbonyl (C=O) groups excluding carboxylic acids is 1. The van der Waals surface area contributed by atoms with Gasteiger partial charge in [-0.1, -0.05) is 0 Å². The molecule has 16 heavy (non-hydrogen) atoms. The summed E-state index contributed by atoms with van der Waals surface area (Å²) in [6.07, 6.45) is 3.09. The van der Waals surface area contributed by atoms with Crippen LogP contribution in [0.25, 0.3) is 0 Å². The fourth-order valence-electron chi connectivity index (χ4n) is 2.24. The standard InChI is InChI=1S/C12H13NO3/c1-8(14)5-11-6-9-3-2-4-10(9)7-12(11)13(15)16/h6-7H,2-5H2,1H3. The Labute approximate surface area is 93.4 Å². The minimum atomic E-state index is -0.392. The Hall–Kier alpha value is -1.71. The van der Waals surface area contributed by atoms with E-state index in [1.165, 1.54) is 12.5 Å². The zero-order valence-electron chi connectivity index (χ0n) is 9.16. The van der Waals surface area contributed by atoms with Crippen molar-refractivity contribution in [3.63, 3.8) is 0 Å². The summed E-state index contributed by atoms with van der Waals surface area (Å²) in [7, 11) is 0. The molecule has 0 bridgehead atoms. The number of rotatable bonds is 3. The van der Waals surface area contributed by atoms with E-state index in [1.54, 1.807) is 6.07 Å². The van der Waals surface area contributed by atoms with Crippen molar-refractivity contribution < 1.29 is 9.72 Å². The van der Waals surface area contributed by atoms with Gasteiger partial charge in [0.25, 0.3) is 5.69 Å². The first-order valence-corrected chi connectivity index (χ1v) is 5.36. The maximum absolute atomic E-state index is 11.1. The summed E-state index contributed by atoms with van der Waals surface area (Å²) in [5.74, 6) is -0.0407. The zero-order valence-corrected chi connectivity index (χ0v) is 9.16. The lowest BCUT2D eigenvalue weighted by atomic mass is 10.0. The lowest BCUT2D eigenvalue weighted by Gasteiger charge is -2.05. The number of nitro groups is 1. The van der Waals surface area contributed by atoms with Crippen LogP contribution in [0, 0.1) is 10.1 Å². The molecule has 1 aliphatic rings. The molecule has 0 atom stereocenters. The Morgan fingerprint density at radius 1 is 1.38 bits per heavy atom. The van der Waals surface area contributed by atoms with Gasteiger partial charge < -0.3 is 0 Å².